The van der Waals surface area contributed by atoms with E-state index in [4.69, 9.17) is 4.74 Å². The molecule has 0 bridgehead atoms. The maximum absolute atomic E-state index is 12.8. The second-order valence-electron chi connectivity index (χ2n) is 10.0. The molecule has 1 saturated heterocycles. The molecule has 1 amide bonds. The van der Waals surface area contributed by atoms with Crippen LogP contribution in [0.4, 0.5) is 10.6 Å². The van der Waals surface area contributed by atoms with Gasteiger partial charge in [-0.3, -0.25) is 0 Å². The lowest BCUT2D eigenvalue weighted by Crippen LogP contribution is -2.47. The van der Waals surface area contributed by atoms with Crippen molar-refractivity contribution in [2.45, 2.75) is 59.1 Å². The van der Waals surface area contributed by atoms with E-state index in [1.807, 2.05) is 80.7 Å². The molecule has 33 heavy (non-hydrogen) atoms. The Labute approximate surface area is 195 Å². The van der Waals surface area contributed by atoms with Gasteiger partial charge in [-0.05, 0) is 65.5 Å². The maximum Gasteiger partial charge on any atom is 0.410 e. The van der Waals surface area contributed by atoms with Crippen molar-refractivity contribution in [1.29, 1.82) is 0 Å². The number of rotatable bonds is 5. The molecule has 0 radical (unpaired) electrons. The summed E-state index contributed by atoms with van der Waals surface area (Å²) in [4.78, 5) is 26.1. The number of carbonyl (C=O) groups excluding carboxylic acids is 1. The zero-order valence-corrected chi connectivity index (χ0v) is 20.2. The SMILES string of the molecule is CC(C)N(C[C@@H]1CCCN(c2ncnc3c2cnn3-c2ccccc2)C1)C(=O)OC(C)(C)C. The zero-order chi connectivity index (χ0) is 23.6. The van der Waals surface area contributed by atoms with Crippen molar-refractivity contribution in [3.05, 3.63) is 42.9 Å². The Balaban J connectivity index is 1.54. The summed E-state index contributed by atoms with van der Waals surface area (Å²) in [6, 6.07) is 10.1. The number of para-hydroxylation sites is 1. The fourth-order valence-corrected chi connectivity index (χ4v) is 4.34. The minimum Gasteiger partial charge on any atom is -0.444 e. The molecule has 3 heterocycles. The van der Waals surface area contributed by atoms with E-state index >= 15 is 0 Å². The normalized spacial score (nSPS) is 16.9. The van der Waals surface area contributed by atoms with Crippen molar-refractivity contribution in [2.75, 3.05) is 24.5 Å². The molecule has 0 saturated carbocycles. The first-order valence-corrected chi connectivity index (χ1v) is 11.7. The highest BCUT2D eigenvalue weighted by Crippen LogP contribution is 2.29. The van der Waals surface area contributed by atoms with Gasteiger partial charge in [-0.1, -0.05) is 18.2 Å². The molecule has 1 atom stereocenters. The van der Waals surface area contributed by atoms with Gasteiger partial charge in [0, 0.05) is 25.7 Å². The molecular formula is C25H34N6O2. The summed E-state index contributed by atoms with van der Waals surface area (Å²) < 4.78 is 7.51. The van der Waals surface area contributed by atoms with Gasteiger partial charge in [0.1, 0.15) is 17.7 Å². The van der Waals surface area contributed by atoms with Crippen LogP contribution in [0.25, 0.3) is 16.7 Å². The number of fused-ring (bicyclic) bond motifs is 1. The largest absolute Gasteiger partial charge is 0.444 e. The fraction of sp³-hybridized carbons (Fsp3) is 0.520. The molecule has 3 aromatic rings. The summed E-state index contributed by atoms with van der Waals surface area (Å²) in [5.41, 5.74) is 1.26. The monoisotopic (exact) mass is 450 g/mol. The average Bonchev–Trinajstić information content (AvgIpc) is 3.21. The Hall–Kier alpha value is -3.16. The molecule has 1 fully saturated rings. The third-order valence-electron chi connectivity index (χ3n) is 5.87. The molecule has 0 spiro atoms. The number of ether oxygens (including phenoxy) is 1. The molecule has 1 aliphatic rings. The Morgan fingerprint density at radius 1 is 1.21 bits per heavy atom. The van der Waals surface area contributed by atoms with Crippen LogP contribution < -0.4 is 4.90 Å². The van der Waals surface area contributed by atoms with Crippen LogP contribution in [0.15, 0.2) is 42.9 Å². The Morgan fingerprint density at radius 2 is 1.97 bits per heavy atom. The maximum atomic E-state index is 12.8. The van der Waals surface area contributed by atoms with Crippen molar-refractivity contribution in [3.63, 3.8) is 0 Å². The van der Waals surface area contributed by atoms with Crippen molar-refractivity contribution >= 4 is 22.9 Å². The first-order chi connectivity index (χ1) is 15.7. The van der Waals surface area contributed by atoms with Gasteiger partial charge in [-0.25, -0.2) is 19.4 Å². The number of anilines is 1. The number of amides is 1. The summed E-state index contributed by atoms with van der Waals surface area (Å²) in [6.07, 6.45) is 5.33. The van der Waals surface area contributed by atoms with Gasteiger partial charge in [0.05, 0.1) is 17.3 Å². The highest BCUT2D eigenvalue weighted by molar-refractivity contribution is 5.87. The van der Waals surface area contributed by atoms with Gasteiger partial charge in [-0.2, -0.15) is 5.10 Å². The minimum atomic E-state index is -0.506. The number of benzene rings is 1. The molecule has 0 N–H and O–H groups in total. The van der Waals surface area contributed by atoms with E-state index in [0.717, 1.165) is 48.5 Å². The van der Waals surface area contributed by atoms with E-state index in [2.05, 4.69) is 20.0 Å². The molecular weight excluding hydrogens is 416 g/mol. The van der Waals surface area contributed by atoms with E-state index in [9.17, 15) is 4.79 Å². The van der Waals surface area contributed by atoms with Crippen LogP contribution in [0.1, 0.15) is 47.5 Å². The van der Waals surface area contributed by atoms with Crippen LogP contribution in [0, 0.1) is 5.92 Å². The zero-order valence-electron chi connectivity index (χ0n) is 20.2. The Kier molecular flexibility index (Phi) is 6.54. The van der Waals surface area contributed by atoms with Crippen molar-refractivity contribution in [3.8, 4) is 5.69 Å². The van der Waals surface area contributed by atoms with E-state index in [-0.39, 0.29) is 12.1 Å². The highest BCUT2D eigenvalue weighted by Gasteiger charge is 2.30. The summed E-state index contributed by atoms with van der Waals surface area (Å²) in [5, 5.41) is 5.53. The quantitative estimate of drug-likeness (QED) is 0.562. The first-order valence-electron chi connectivity index (χ1n) is 11.7. The summed E-state index contributed by atoms with van der Waals surface area (Å²) >= 11 is 0. The summed E-state index contributed by atoms with van der Waals surface area (Å²) in [6.45, 7) is 12.2. The lowest BCUT2D eigenvalue weighted by atomic mass is 9.97. The number of carbonyl (C=O) groups is 1. The van der Waals surface area contributed by atoms with Gasteiger partial charge in [-0.15, -0.1) is 0 Å². The van der Waals surface area contributed by atoms with Gasteiger partial charge >= 0.3 is 6.09 Å². The number of nitrogens with zero attached hydrogens (tertiary/aromatic N) is 6. The lowest BCUT2D eigenvalue weighted by Gasteiger charge is -2.38. The predicted molar refractivity (Wildman–Crippen MR) is 130 cm³/mol. The van der Waals surface area contributed by atoms with E-state index in [1.165, 1.54) is 0 Å². The van der Waals surface area contributed by atoms with Crippen LogP contribution in [-0.4, -0.2) is 62.0 Å². The molecule has 0 aliphatic carbocycles. The Morgan fingerprint density at radius 3 is 2.67 bits per heavy atom. The average molecular weight is 451 g/mol. The van der Waals surface area contributed by atoms with E-state index < -0.39 is 5.60 Å². The van der Waals surface area contributed by atoms with Crippen molar-refractivity contribution < 1.29 is 9.53 Å². The first kappa shape index (κ1) is 23.0. The minimum absolute atomic E-state index is 0.0742. The number of hydrogen-bond acceptors (Lipinski definition) is 6. The molecule has 8 heteroatoms. The summed E-state index contributed by atoms with van der Waals surface area (Å²) in [5.74, 6) is 1.24. The number of piperidine rings is 1. The second-order valence-corrected chi connectivity index (χ2v) is 10.0. The molecule has 4 rings (SSSR count). The standard InChI is InChI=1S/C25H34N6O2/c1-18(2)30(24(32)33-25(3,4)5)16-19-10-9-13-29(15-19)22-21-14-28-31(23(21)27-17-26-22)20-11-7-6-8-12-20/h6-8,11-12,14,17-19H,9-10,13,15-16H2,1-5H3/t19-/m1/s1. The van der Waals surface area contributed by atoms with Crippen LogP contribution in [0.2, 0.25) is 0 Å². The fourth-order valence-electron chi connectivity index (χ4n) is 4.34. The lowest BCUT2D eigenvalue weighted by molar-refractivity contribution is 0.0151. The van der Waals surface area contributed by atoms with E-state index in [0.29, 0.717) is 12.5 Å². The molecule has 176 valence electrons. The topological polar surface area (TPSA) is 76.4 Å². The van der Waals surface area contributed by atoms with Crippen LogP contribution >= 0.6 is 0 Å². The Bertz CT molecular complexity index is 1090. The van der Waals surface area contributed by atoms with Crippen molar-refractivity contribution in [2.24, 2.45) is 5.92 Å². The smallest absolute Gasteiger partial charge is 0.410 e. The molecule has 1 aliphatic heterocycles. The van der Waals surface area contributed by atoms with Crippen LogP contribution in [-0.2, 0) is 4.74 Å². The van der Waals surface area contributed by atoms with Gasteiger partial charge in [0.15, 0.2) is 5.65 Å². The molecule has 0 unspecified atom stereocenters. The van der Waals surface area contributed by atoms with Crippen LogP contribution in [0.3, 0.4) is 0 Å². The third-order valence-corrected chi connectivity index (χ3v) is 5.87. The molecule has 1 aromatic carbocycles. The predicted octanol–water partition coefficient (Wildman–Crippen LogP) is 4.68. The van der Waals surface area contributed by atoms with Gasteiger partial charge in [0.25, 0.3) is 0 Å². The molecule has 8 nitrogen and oxygen atoms in total. The third kappa shape index (κ3) is 5.26. The number of aromatic nitrogens is 4. The van der Waals surface area contributed by atoms with Crippen molar-refractivity contribution in [1.82, 2.24) is 24.6 Å². The second kappa shape index (κ2) is 9.37. The molecule has 2 aromatic heterocycles. The van der Waals surface area contributed by atoms with Gasteiger partial charge in [0.2, 0.25) is 0 Å². The number of hydrogen-bond donors (Lipinski definition) is 0. The van der Waals surface area contributed by atoms with E-state index in [1.54, 1.807) is 6.33 Å². The van der Waals surface area contributed by atoms with Gasteiger partial charge < -0.3 is 14.5 Å². The highest BCUT2D eigenvalue weighted by atomic mass is 16.6. The summed E-state index contributed by atoms with van der Waals surface area (Å²) in [7, 11) is 0. The van der Waals surface area contributed by atoms with Crippen LogP contribution in [0.5, 0.6) is 0 Å².